The Morgan fingerprint density at radius 1 is 1.35 bits per heavy atom. The molecule has 3 heteroatoms. The molecule has 0 aromatic carbocycles. The zero-order valence-electron chi connectivity index (χ0n) is 10.5. The molecule has 0 bridgehead atoms. The number of aliphatic hydroxyl groups excluding tert-OH is 1. The normalized spacial score (nSPS) is 29.4. The molecule has 0 aromatic heterocycles. The van der Waals surface area contributed by atoms with E-state index in [9.17, 15) is 4.79 Å². The average Bonchev–Trinajstić information content (AvgIpc) is 2.40. The van der Waals surface area contributed by atoms with E-state index in [1.54, 1.807) is 0 Å². The summed E-state index contributed by atoms with van der Waals surface area (Å²) >= 11 is 0. The van der Waals surface area contributed by atoms with E-state index < -0.39 is 0 Å². The first-order chi connectivity index (χ1) is 8.31. The predicted molar refractivity (Wildman–Crippen MR) is 67.5 cm³/mol. The van der Waals surface area contributed by atoms with Crippen LogP contribution in [0.3, 0.4) is 0 Å². The summed E-state index contributed by atoms with van der Waals surface area (Å²) in [6.07, 6.45) is 10.4. The third kappa shape index (κ3) is 3.32. The van der Waals surface area contributed by atoms with Crippen molar-refractivity contribution in [2.45, 2.75) is 38.5 Å². The van der Waals surface area contributed by atoms with E-state index in [1.807, 2.05) is 4.90 Å². The van der Waals surface area contributed by atoms with E-state index in [0.717, 1.165) is 51.6 Å². The molecule has 1 saturated heterocycles. The van der Waals surface area contributed by atoms with Crippen molar-refractivity contribution in [1.82, 2.24) is 4.90 Å². The highest BCUT2D eigenvalue weighted by molar-refractivity contribution is 5.79. The van der Waals surface area contributed by atoms with Gasteiger partial charge in [0.15, 0.2) is 0 Å². The van der Waals surface area contributed by atoms with Crippen LogP contribution < -0.4 is 0 Å². The fourth-order valence-electron chi connectivity index (χ4n) is 2.96. The maximum atomic E-state index is 12.3. The number of likely N-dealkylation sites (tertiary alicyclic amines) is 1. The lowest BCUT2D eigenvalue weighted by atomic mass is 9.90. The minimum absolute atomic E-state index is 0.216. The number of amides is 1. The molecule has 2 rings (SSSR count). The topological polar surface area (TPSA) is 40.5 Å². The molecule has 0 spiro atoms. The second kappa shape index (κ2) is 6.20. The van der Waals surface area contributed by atoms with Crippen LogP contribution in [0.4, 0.5) is 0 Å². The summed E-state index contributed by atoms with van der Waals surface area (Å²) in [5.41, 5.74) is 0. The second-order valence-corrected chi connectivity index (χ2v) is 5.29. The monoisotopic (exact) mass is 237 g/mol. The fourth-order valence-corrected chi connectivity index (χ4v) is 2.96. The van der Waals surface area contributed by atoms with Gasteiger partial charge in [0.1, 0.15) is 0 Å². The van der Waals surface area contributed by atoms with Gasteiger partial charge >= 0.3 is 0 Å². The molecule has 1 aliphatic carbocycles. The summed E-state index contributed by atoms with van der Waals surface area (Å²) in [7, 11) is 0. The van der Waals surface area contributed by atoms with Crippen LogP contribution in [0.2, 0.25) is 0 Å². The smallest absolute Gasteiger partial charge is 0.226 e. The van der Waals surface area contributed by atoms with Crippen molar-refractivity contribution in [3.05, 3.63) is 12.2 Å². The van der Waals surface area contributed by atoms with Crippen molar-refractivity contribution in [2.75, 3.05) is 19.7 Å². The summed E-state index contributed by atoms with van der Waals surface area (Å²) in [5.74, 6) is 1.07. The van der Waals surface area contributed by atoms with Crippen LogP contribution in [0.15, 0.2) is 12.2 Å². The zero-order valence-corrected chi connectivity index (χ0v) is 10.5. The van der Waals surface area contributed by atoms with Gasteiger partial charge in [-0.1, -0.05) is 12.2 Å². The first-order valence-corrected chi connectivity index (χ1v) is 6.86. The van der Waals surface area contributed by atoms with Crippen molar-refractivity contribution in [2.24, 2.45) is 11.8 Å². The van der Waals surface area contributed by atoms with Crippen LogP contribution in [-0.4, -0.2) is 35.6 Å². The van der Waals surface area contributed by atoms with Crippen LogP contribution in [0.1, 0.15) is 38.5 Å². The molecule has 96 valence electrons. The van der Waals surface area contributed by atoms with Crippen LogP contribution in [0.25, 0.3) is 0 Å². The SMILES string of the molecule is O=C(C1CC=CCC1)N1CCCC(CCO)C1. The first kappa shape index (κ1) is 12.6. The highest BCUT2D eigenvalue weighted by Crippen LogP contribution is 2.25. The van der Waals surface area contributed by atoms with Gasteiger partial charge in [0, 0.05) is 25.6 Å². The Hall–Kier alpha value is -0.830. The highest BCUT2D eigenvalue weighted by atomic mass is 16.3. The molecule has 2 aliphatic rings. The average molecular weight is 237 g/mol. The molecule has 1 fully saturated rings. The molecule has 3 nitrogen and oxygen atoms in total. The Labute approximate surface area is 103 Å². The van der Waals surface area contributed by atoms with Gasteiger partial charge in [-0.2, -0.15) is 0 Å². The molecule has 0 saturated carbocycles. The third-order valence-corrected chi connectivity index (χ3v) is 3.99. The lowest BCUT2D eigenvalue weighted by Gasteiger charge is -2.35. The van der Waals surface area contributed by atoms with E-state index >= 15 is 0 Å². The number of carbonyl (C=O) groups is 1. The quantitative estimate of drug-likeness (QED) is 0.762. The lowest BCUT2D eigenvalue weighted by molar-refractivity contribution is -0.137. The Morgan fingerprint density at radius 3 is 2.94 bits per heavy atom. The predicted octanol–water partition coefficient (Wildman–Crippen LogP) is 1.96. The first-order valence-electron chi connectivity index (χ1n) is 6.86. The third-order valence-electron chi connectivity index (χ3n) is 3.99. The van der Waals surface area contributed by atoms with E-state index in [-0.39, 0.29) is 12.5 Å². The minimum Gasteiger partial charge on any atom is -0.396 e. The van der Waals surface area contributed by atoms with Crippen molar-refractivity contribution >= 4 is 5.91 Å². The molecule has 1 amide bonds. The van der Waals surface area contributed by atoms with Crippen molar-refractivity contribution in [1.29, 1.82) is 0 Å². The second-order valence-electron chi connectivity index (χ2n) is 5.29. The Morgan fingerprint density at radius 2 is 2.24 bits per heavy atom. The maximum absolute atomic E-state index is 12.3. The van der Waals surface area contributed by atoms with Gasteiger partial charge in [0.25, 0.3) is 0 Å². The van der Waals surface area contributed by atoms with E-state index in [4.69, 9.17) is 5.11 Å². The van der Waals surface area contributed by atoms with Crippen LogP contribution in [-0.2, 0) is 4.79 Å². The number of piperidine rings is 1. The van der Waals surface area contributed by atoms with Gasteiger partial charge in [-0.05, 0) is 44.4 Å². The van der Waals surface area contributed by atoms with Crippen molar-refractivity contribution in [3.8, 4) is 0 Å². The van der Waals surface area contributed by atoms with E-state index in [0.29, 0.717) is 11.8 Å². The number of hydrogen-bond acceptors (Lipinski definition) is 2. The summed E-state index contributed by atoms with van der Waals surface area (Å²) in [6.45, 7) is 2.03. The number of nitrogens with zero attached hydrogens (tertiary/aromatic N) is 1. The highest BCUT2D eigenvalue weighted by Gasteiger charge is 2.28. The number of carbonyl (C=O) groups excluding carboxylic acids is 1. The standard InChI is InChI=1S/C14H23NO2/c16-10-8-12-5-4-9-15(11-12)14(17)13-6-2-1-3-7-13/h1-2,12-13,16H,3-11H2. The van der Waals surface area contributed by atoms with Gasteiger partial charge < -0.3 is 10.0 Å². The number of allylic oxidation sites excluding steroid dienone is 2. The molecule has 1 N–H and O–H groups in total. The molecule has 17 heavy (non-hydrogen) atoms. The molecule has 2 atom stereocenters. The summed E-state index contributed by atoms with van der Waals surface area (Å²) in [4.78, 5) is 14.4. The molecule has 2 unspecified atom stereocenters. The Balaban J connectivity index is 1.87. The molecule has 1 aliphatic heterocycles. The molecule has 0 aromatic rings. The molecular formula is C14H23NO2. The minimum atomic E-state index is 0.216. The number of aliphatic hydroxyl groups is 1. The van der Waals surface area contributed by atoms with Gasteiger partial charge in [-0.25, -0.2) is 0 Å². The van der Waals surface area contributed by atoms with Gasteiger partial charge in [0.2, 0.25) is 5.91 Å². The molecular weight excluding hydrogens is 214 g/mol. The Bertz CT molecular complexity index is 286. The van der Waals surface area contributed by atoms with E-state index in [1.165, 1.54) is 0 Å². The summed E-state index contributed by atoms with van der Waals surface area (Å²) < 4.78 is 0. The Kier molecular flexibility index (Phi) is 4.60. The van der Waals surface area contributed by atoms with E-state index in [2.05, 4.69) is 12.2 Å². The lowest BCUT2D eigenvalue weighted by Crippen LogP contribution is -2.43. The zero-order chi connectivity index (χ0) is 12.1. The van der Waals surface area contributed by atoms with Gasteiger partial charge in [0.05, 0.1) is 0 Å². The largest absolute Gasteiger partial charge is 0.396 e. The fraction of sp³-hybridized carbons (Fsp3) is 0.786. The number of rotatable bonds is 3. The van der Waals surface area contributed by atoms with Crippen LogP contribution in [0, 0.1) is 11.8 Å². The van der Waals surface area contributed by atoms with Crippen molar-refractivity contribution in [3.63, 3.8) is 0 Å². The maximum Gasteiger partial charge on any atom is 0.226 e. The molecule has 0 radical (unpaired) electrons. The van der Waals surface area contributed by atoms with Crippen LogP contribution in [0.5, 0.6) is 0 Å². The van der Waals surface area contributed by atoms with Gasteiger partial charge in [-0.15, -0.1) is 0 Å². The van der Waals surface area contributed by atoms with Crippen LogP contribution >= 0.6 is 0 Å². The molecule has 1 heterocycles. The van der Waals surface area contributed by atoms with Crippen molar-refractivity contribution < 1.29 is 9.90 Å². The number of hydrogen-bond donors (Lipinski definition) is 1. The summed E-state index contributed by atoms with van der Waals surface area (Å²) in [6, 6.07) is 0. The summed E-state index contributed by atoms with van der Waals surface area (Å²) in [5, 5.41) is 8.98. The van der Waals surface area contributed by atoms with Gasteiger partial charge in [-0.3, -0.25) is 4.79 Å².